The lowest BCUT2D eigenvalue weighted by atomic mass is 10.1. The van der Waals surface area contributed by atoms with E-state index in [4.69, 9.17) is 23.2 Å². The molecule has 0 N–H and O–H groups in total. The normalized spacial score (nSPS) is 11.1. The van der Waals surface area contributed by atoms with E-state index in [1.54, 1.807) is 35.2 Å². The third-order valence-electron chi connectivity index (χ3n) is 2.61. The first-order valence-corrected chi connectivity index (χ1v) is 6.55. The fourth-order valence-electron chi connectivity index (χ4n) is 1.56. The van der Waals surface area contributed by atoms with Crippen molar-refractivity contribution in [2.45, 2.75) is 13.5 Å². The molecule has 1 aromatic carbocycles. The second-order valence-electron chi connectivity index (χ2n) is 3.96. The summed E-state index contributed by atoms with van der Waals surface area (Å²) in [5.41, 5.74) is 1.39. The number of halogens is 2. The third kappa shape index (κ3) is 3.46. The first kappa shape index (κ1) is 13.8. The maximum atomic E-state index is 11.9. The van der Waals surface area contributed by atoms with Crippen LogP contribution in [0.3, 0.4) is 0 Å². The van der Waals surface area contributed by atoms with Crippen molar-refractivity contribution >= 4 is 35.1 Å². The van der Waals surface area contributed by atoms with Gasteiger partial charge in [0.1, 0.15) is 0 Å². The highest BCUT2D eigenvalue weighted by Gasteiger charge is 2.05. The van der Waals surface area contributed by atoms with E-state index in [1.165, 1.54) is 6.08 Å². The molecule has 3 nitrogen and oxygen atoms in total. The van der Waals surface area contributed by atoms with E-state index >= 15 is 0 Å². The minimum Gasteiger partial charge on any atom is -0.289 e. The van der Waals surface area contributed by atoms with E-state index in [2.05, 4.69) is 5.10 Å². The highest BCUT2D eigenvalue weighted by Crippen LogP contribution is 2.23. The van der Waals surface area contributed by atoms with Gasteiger partial charge in [0.25, 0.3) is 0 Å². The summed E-state index contributed by atoms with van der Waals surface area (Å²) >= 11 is 11.7. The van der Waals surface area contributed by atoms with Gasteiger partial charge in [-0.15, -0.1) is 0 Å². The van der Waals surface area contributed by atoms with E-state index in [1.807, 2.05) is 13.1 Å². The molecule has 1 aromatic heterocycles. The van der Waals surface area contributed by atoms with Crippen molar-refractivity contribution in [2.24, 2.45) is 0 Å². The SMILES string of the molecule is CCn1cc(C=CC(=O)c2ccc(Cl)c(Cl)c2)cn1. The summed E-state index contributed by atoms with van der Waals surface area (Å²) in [6, 6.07) is 4.82. The van der Waals surface area contributed by atoms with Crippen molar-refractivity contribution in [3.63, 3.8) is 0 Å². The van der Waals surface area contributed by atoms with Crippen LogP contribution in [0, 0.1) is 0 Å². The number of benzene rings is 1. The van der Waals surface area contributed by atoms with Crippen LogP contribution in [0.5, 0.6) is 0 Å². The molecule has 0 amide bonds. The van der Waals surface area contributed by atoms with Crippen LogP contribution in [-0.4, -0.2) is 15.6 Å². The Balaban J connectivity index is 2.13. The number of aromatic nitrogens is 2. The topological polar surface area (TPSA) is 34.9 Å². The number of hydrogen-bond acceptors (Lipinski definition) is 2. The second-order valence-corrected chi connectivity index (χ2v) is 4.77. The molecule has 0 bridgehead atoms. The lowest BCUT2D eigenvalue weighted by Gasteiger charge is -1.98. The van der Waals surface area contributed by atoms with E-state index in [0.717, 1.165) is 12.1 Å². The smallest absolute Gasteiger partial charge is 0.185 e. The molecule has 0 atom stereocenters. The van der Waals surface area contributed by atoms with Gasteiger partial charge in [-0.1, -0.05) is 23.2 Å². The summed E-state index contributed by atoms with van der Waals surface area (Å²) in [4.78, 5) is 11.9. The number of allylic oxidation sites excluding steroid dienone is 1. The molecule has 0 saturated carbocycles. The molecule has 0 aliphatic heterocycles. The highest BCUT2D eigenvalue weighted by atomic mass is 35.5. The van der Waals surface area contributed by atoms with Crippen molar-refractivity contribution in [1.82, 2.24) is 9.78 Å². The Morgan fingerprint density at radius 2 is 2.16 bits per heavy atom. The summed E-state index contributed by atoms with van der Waals surface area (Å²) < 4.78 is 1.79. The number of hydrogen-bond donors (Lipinski definition) is 0. The van der Waals surface area contributed by atoms with Gasteiger partial charge in [-0.05, 0) is 37.3 Å². The quantitative estimate of drug-likeness (QED) is 0.628. The van der Waals surface area contributed by atoms with Crippen molar-refractivity contribution in [3.8, 4) is 0 Å². The van der Waals surface area contributed by atoms with E-state index in [9.17, 15) is 4.79 Å². The van der Waals surface area contributed by atoms with Gasteiger partial charge in [0.05, 0.1) is 16.2 Å². The Morgan fingerprint density at radius 3 is 2.79 bits per heavy atom. The molecule has 19 heavy (non-hydrogen) atoms. The molecule has 5 heteroatoms. The van der Waals surface area contributed by atoms with Crippen LogP contribution in [0.1, 0.15) is 22.8 Å². The minimum absolute atomic E-state index is 0.122. The maximum Gasteiger partial charge on any atom is 0.185 e. The van der Waals surface area contributed by atoms with Crippen molar-refractivity contribution in [1.29, 1.82) is 0 Å². The van der Waals surface area contributed by atoms with Crippen molar-refractivity contribution in [2.75, 3.05) is 0 Å². The first-order chi connectivity index (χ1) is 9.10. The van der Waals surface area contributed by atoms with Gasteiger partial charge < -0.3 is 0 Å². The average Bonchev–Trinajstić information content (AvgIpc) is 2.87. The second kappa shape index (κ2) is 6.04. The largest absolute Gasteiger partial charge is 0.289 e. The molecule has 2 aromatic rings. The molecule has 2 rings (SSSR count). The summed E-state index contributed by atoms with van der Waals surface area (Å²) in [5, 5.41) is 4.94. The average molecular weight is 295 g/mol. The molecule has 0 spiro atoms. The van der Waals surface area contributed by atoms with Crippen molar-refractivity contribution < 1.29 is 4.79 Å². The zero-order valence-electron chi connectivity index (χ0n) is 10.3. The third-order valence-corrected chi connectivity index (χ3v) is 3.35. The van der Waals surface area contributed by atoms with Crippen LogP contribution in [0.25, 0.3) is 6.08 Å². The summed E-state index contributed by atoms with van der Waals surface area (Å²) in [6.45, 7) is 2.80. The standard InChI is InChI=1S/C14H12Cl2N2O/c1-2-18-9-10(8-17-18)3-6-14(19)11-4-5-12(15)13(16)7-11/h3-9H,2H2,1H3. The Morgan fingerprint density at radius 1 is 1.37 bits per heavy atom. The van der Waals surface area contributed by atoms with Crippen LogP contribution in [0.4, 0.5) is 0 Å². The zero-order chi connectivity index (χ0) is 13.8. The van der Waals surface area contributed by atoms with Crippen LogP contribution in [0.15, 0.2) is 36.7 Å². The molecule has 98 valence electrons. The van der Waals surface area contributed by atoms with E-state index in [0.29, 0.717) is 15.6 Å². The predicted molar refractivity (Wildman–Crippen MR) is 77.7 cm³/mol. The number of ketones is 1. The molecule has 0 radical (unpaired) electrons. The van der Waals surface area contributed by atoms with Crippen LogP contribution >= 0.6 is 23.2 Å². The predicted octanol–water partition coefficient (Wildman–Crippen LogP) is 4.11. The molecular weight excluding hydrogens is 283 g/mol. The molecule has 0 fully saturated rings. The molecular formula is C14H12Cl2N2O. The molecule has 0 aliphatic carbocycles. The van der Waals surface area contributed by atoms with Gasteiger partial charge in [0.15, 0.2) is 5.78 Å². The zero-order valence-corrected chi connectivity index (χ0v) is 11.8. The highest BCUT2D eigenvalue weighted by molar-refractivity contribution is 6.42. The maximum absolute atomic E-state index is 11.9. The number of carbonyl (C=O) groups is 1. The fraction of sp³-hybridized carbons (Fsp3) is 0.143. The minimum atomic E-state index is -0.122. The lowest BCUT2D eigenvalue weighted by molar-refractivity contribution is 0.104. The van der Waals surface area contributed by atoms with E-state index in [-0.39, 0.29) is 5.78 Å². The fourth-order valence-corrected chi connectivity index (χ4v) is 1.85. The van der Waals surface area contributed by atoms with Gasteiger partial charge in [0, 0.05) is 23.9 Å². The Hall–Kier alpha value is -1.58. The molecule has 0 saturated heterocycles. The Bertz CT molecular complexity index is 632. The molecule has 0 aliphatic rings. The lowest BCUT2D eigenvalue weighted by Crippen LogP contribution is -1.93. The summed E-state index contributed by atoms with van der Waals surface area (Å²) in [5.74, 6) is -0.122. The van der Waals surface area contributed by atoms with E-state index < -0.39 is 0 Å². The van der Waals surface area contributed by atoms with Gasteiger partial charge in [-0.25, -0.2) is 0 Å². The van der Waals surface area contributed by atoms with Gasteiger partial charge in [0.2, 0.25) is 0 Å². The Labute approximate surface area is 121 Å². The number of carbonyl (C=O) groups excluding carboxylic acids is 1. The monoisotopic (exact) mass is 294 g/mol. The molecule has 1 heterocycles. The van der Waals surface area contributed by atoms with Crippen LogP contribution in [0.2, 0.25) is 10.0 Å². The van der Waals surface area contributed by atoms with Gasteiger partial charge in [-0.3, -0.25) is 9.48 Å². The van der Waals surface area contributed by atoms with Gasteiger partial charge in [-0.2, -0.15) is 5.10 Å². The Kier molecular flexibility index (Phi) is 4.40. The first-order valence-electron chi connectivity index (χ1n) is 5.80. The number of nitrogens with zero attached hydrogens (tertiary/aromatic N) is 2. The van der Waals surface area contributed by atoms with Crippen LogP contribution < -0.4 is 0 Å². The summed E-state index contributed by atoms with van der Waals surface area (Å²) in [7, 11) is 0. The molecule has 0 unspecified atom stereocenters. The van der Waals surface area contributed by atoms with Crippen molar-refractivity contribution in [3.05, 3.63) is 57.8 Å². The van der Waals surface area contributed by atoms with Crippen LogP contribution in [-0.2, 0) is 6.54 Å². The number of aryl methyl sites for hydroxylation is 1. The summed E-state index contributed by atoms with van der Waals surface area (Å²) in [6.07, 6.45) is 6.81. The number of rotatable bonds is 4. The van der Waals surface area contributed by atoms with Gasteiger partial charge >= 0.3 is 0 Å².